The maximum Gasteiger partial charge on any atom is 0.124 e. The average molecular weight is 267 g/mol. The summed E-state index contributed by atoms with van der Waals surface area (Å²) in [6.07, 6.45) is 3.64. The van der Waals surface area contributed by atoms with E-state index in [4.69, 9.17) is 10.5 Å². The molecule has 0 amide bonds. The number of aryl methyl sites for hydroxylation is 2. The number of fused-ring (bicyclic) bond motifs is 1. The summed E-state index contributed by atoms with van der Waals surface area (Å²) in [5, 5.41) is 0. The number of hydrogen-bond donors (Lipinski definition) is 1. The first-order valence-electron chi connectivity index (χ1n) is 7.32. The van der Waals surface area contributed by atoms with E-state index in [0.29, 0.717) is 6.54 Å². The number of ether oxygens (including phenoxy) is 1. The summed E-state index contributed by atoms with van der Waals surface area (Å²) < 4.78 is 6.22. The van der Waals surface area contributed by atoms with Crippen molar-refractivity contribution in [2.75, 3.05) is 0 Å². The molecule has 0 radical (unpaired) electrons. The van der Waals surface area contributed by atoms with Crippen molar-refractivity contribution in [3.8, 4) is 5.75 Å². The molecule has 1 aliphatic rings. The van der Waals surface area contributed by atoms with Crippen LogP contribution in [0, 0.1) is 6.92 Å². The predicted octanol–water partition coefficient (Wildman–Crippen LogP) is 3.91. The summed E-state index contributed by atoms with van der Waals surface area (Å²) in [6.45, 7) is 2.67. The highest BCUT2D eigenvalue weighted by molar-refractivity contribution is 5.37. The van der Waals surface area contributed by atoms with Crippen molar-refractivity contribution in [2.45, 2.75) is 38.8 Å². The Hall–Kier alpha value is -1.80. The molecule has 0 bridgehead atoms. The molecule has 0 spiro atoms. The Bertz CT molecular complexity index is 606. The molecule has 1 atom stereocenters. The summed E-state index contributed by atoms with van der Waals surface area (Å²) in [7, 11) is 0. The van der Waals surface area contributed by atoms with Gasteiger partial charge in [0, 0.05) is 6.54 Å². The van der Waals surface area contributed by atoms with E-state index in [1.54, 1.807) is 0 Å². The third-order valence-electron chi connectivity index (χ3n) is 4.13. The first-order valence-corrected chi connectivity index (χ1v) is 7.32. The monoisotopic (exact) mass is 267 g/mol. The maximum absolute atomic E-state index is 6.22. The Morgan fingerprint density at radius 1 is 1.20 bits per heavy atom. The van der Waals surface area contributed by atoms with Crippen LogP contribution in [0.4, 0.5) is 0 Å². The number of benzene rings is 2. The fraction of sp³-hybridized carbons (Fsp3) is 0.333. The van der Waals surface area contributed by atoms with Crippen LogP contribution in [-0.4, -0.2) is 0 Å². The summed E-state index contributed by atoms with van der Waals surface area (Å²) in [4.78, 5) is 0. The van der Waals surface area contributed by atoms with Crippen molar-refractivity contribution in [2.24, 2.45) is 5.73 Å². The van der Waals surface area contributed by atoms with Crippen molar-refractivity contribution in [3.05, 3.63) is 64.7 Å². The molecular weight excluding hydrogens is 246 g/mol. The molecule has 3 rings (SSSR count). The minimum atomic E-state index is 0.183. The second kappa shape index (κ2) is 5.68. The molecule has 0 aromatic heterocycles. The van der Waals surface area contributed by atoms with Crippen molar-refractivity contribution in [3.63, 3.8) is 0 Å². The SMILES string of the molecule is Cc1cc(OC2CCCc3ccccc32)ccc1CN. The summed E-state index contributed by atoms with van der Waals surface area (Å²) in [5.74, 6) is 0.946. The van der Waals surface area contributed by atoms with E-state index in [0.717, 1.165) is 12.2 Å². The summed E-state index contributed by atoms with van der Waals surface area (Å²) in [5.41, 5.74) is 10.9. The zero-order chi connectivity index (χ0) is 13.9. The Morgan fingerprint density at radius 3 is 2.85 bits per heavy atom. The van der Waals surface area contributed by atoms with E-state index in [1.807, 2.05) is 6.07 Å². The van der Waals surface area contributed by atoms with E-state index < -0.39 is 0 Å². The van der Waals surface area contributed by atoms with Gasteiger partial charge in [-0.2, -0.15) is 0 Å². The predicted molar refractivity (Wildman–Crippen MR) is 81.8 cm³/mol. The molecular formula is C18H21NO. The van der Waals surface area contributed by atoms with E-state index in [2.05, 4.69) is 43.3 Å². The van der Waals surface area contributed by atoms with Gasteiger partial charge in [0.05, 0.1) is 0 Å². The second-order valence-electron chi connectivity index (χ2n) is 5.49. The van der Waals surface area contributed by atoms with Crippen LogP contribution in [0.25, 0.3) is 0 Å². The molecule has 0 saturated carbocycles. The van der Waals surface area contributed by atoms with Crippen LogP contribution in [0.1, 0.15) is 41.2 Å². The standard InChI is InChI=1S/C18H21NO/c1-13-11-16(10-9-15(13)12-19)20-18-8-4-6-14-5-2-3-7-17(14)18/h2-3,5,7,9-11,18H,4,6,8,12,19H2,1H3. The van der Waals surface area contributed by atoms with E-state index in [-0.39, 0.29) is 6.10 Å². The average Bonchev–Trinajstić information content (AvgIpc) is 2.48. The Labute approximate surface area is 120 Å². The van der Waals surface area contributed by atoms with Gasteiger partial charge in [-0.25, -0.2) is 0 Å². The zero-order valence-electron chi connectivity index (χ0n) is 11.9. The molecule has 2 heteroatoms. The highest BCUT2D eigenvalue weighted by Crippen LogP contribution is 2.33. The van der Waals surface area contributed by atoms with Gasteiger partial charge in [-0.05, 0) is 60.6 Å². The van der Waals surface area contributed by atoms with Crippen molar-refractivity contribution in [1.29, 1.82) is 0 Å². The van der Waals surface area contributed by atoms with Crippen LogP contribution < -0.4 is 10.5 Å². The summed E-state index contributed by atoms with van der Waals surface area (Å²) >= 11 is 0. The molecule has 2 aromatic carbocycles. The van der Waals surface area contributed by atoms with Crippen LogP contribution in [0.3, 0.4) is 0 Å². The lowest BCUT2D eigenvalue weighted by atomic mass is 9.89. The molecule has 0 heterocycles. The van der Waals surface area contributed by atoms with Crippen LogP contribution >= 0.6 is 0 Å². The van der Waals surface area contributed by atoms with Gasteiger partial charge >= 0.3 is 0 Å². The third kappa shape index (κ3) is 2.56. The van der Waals surface area contributed by atoms with E-state index >= 15 is 0 Å². The molecule has 0 aliphatic heterocycles. The van der Waals surface area contributed by atoms with Gasteiger partial charge in [0.25, 0.3) is 0 Å². The van der Waals surface area contributed by atoms with Crippen LogP contribution in [0.2, 0.25) is 0 Å². The molecule has 1 aliphatic carbocycles. The summed E-state index contributed by atoms with van der Waals surface area (Å²) in [6, 6.07) is 14.8. The first-order chi connectivity index (χ1) is 9.78. The van der Waals surface area contributed by atoms with E-state index in [9.17, 15) is 0 Å². The second-order valence-corrected chi connectivity index (χ2v) is 5.49. The number of rotatable bonds is 3. The lowest BCUT2D eigenvalue weighted by Gasteiger charge is -2.26. The fourth-order valence-electron chi connectivity index (χ4n) is 2.97. The van der Waals surface area contributed by atoms with E-state index in [1.165, 1.54) is 35.1 Å². The van der Waals surface area contributed by atoms with Crippen molar-refractivity contribution in [1.82, 2.24) is 0 Å². The van der Waals surface area contributed by atoms with Crippen molar-refractivity contribution < 1.29 is 4.74 Å². The first kappa shape index (κ1) is 13.2. The van der Waals surface area contributed by atoms with Gasteiger partial charge in [-0.15, -0.1) is 0 Å². The van der Waals surface area contributed by atoms with Crippen molar-refractivity contribution >= 4 is 0 Å². The molecule has 104 valence electrons. The zero-order valence-corrected chi connectivity index (χ0v) is 11.9. The smallest absolute Gasteiger partial charge is 0.124 e. The highest BCUT2D eigenvalue weighted by Gasteiger charge is 2.21. The molecule has 2 aromatic rings. The third-order valence-corrected chi connectivity index (χ3v) is 4.13. The minimum absolute atomic E-state index is 0.183. The maximum atomic E-state index is 6.22. The minimum Gasteiger partial charge on any atom is -0.486 e. The van der Waals surface area contributed by atoms with Crippen LogP contribution in [-0.2, 0) is 13.0 Å². The van der Waals surface area contributed by atoms with Crippen LogP contribution in [0.15, 0.2) is 42.5 Å². The van der Waals surface area contributed by atoms with Gasteiger partial charge in [0.2, 0.25) is 0 Å². The van der Waals surface area contributed by atoms with Gasteiger partial charge in [0.1, 0.15) is 11.9 Å². The van der Waals surface area contributed by atoms with Gasteiger partial charge < -0.3 is 10.5 Å². The lowest BCUT2D eigenvalue weighted by molar-refractivity contribution is 0.183. The quantitative estimate of drug-likeness (QED) is 0.915. The normalized spacial score (nSPS) is 17.6. The molecule has 0 fully saturated rings. The Kier molecular flexibility index (Phi) is 3.75. The topological polar surface area (TPSA) is 35.2 Å². The van der Waals surface area contributed by atoms with Gasteiger partial charge in [-0.3, -0.25) is 0 Å². The fourth-order valence-corrected chi connectivity index (χ4v) is 2.97. The molecule has 2 N–H and O–H groups in total. The highest BCUT2D eigenvalue weighted by atomic mass is 16.5. The molecule has 0 saturated heterocycles. The largest absolute Gasteiger partial charge is 0.486 e. The lowest BCUT2D eigenvalue weighted by Crippen LogP contribution is -2.15. The molecule has 2 nitrogen and oxygen atoms in total. The molecule has 20 heavy (non-hydrogen) atoms. The Morgan fingerprint density at radius 2 is 2.05 bits per heavy atom. The Balaban J connectivity index is 1.84. The van der Waals surface area contributed by atoms with Gasteiger partial charge in [0.15, 0.2) is 0 Å². The van der Waals surface area contributed by atoms with Gasteiger partial charge in [-0.1, -0.05) is 30.3 Å². The number of hydrogen-bond acceptors (Lipinski definition) is 2. The number of nitrogens with two attached hydrogens (primary N) is 1. The molecule has 1 unspecified atom stereocenters. The van der Waals surface area contributed by atoms with Crippen LogP contribution in [0.5, 0.6) is 5.75 Å².